The molecular formula is C15H26N4. The molecule has 0 amide bonds. The lowest BCUT2D eigenvalue weighted by molar-refractivity contribution is 0.0412. The molecule has 106 valence electrons. The Kier molecular flexibility index (Phi) is 3.63. The van der Waals surface area contributed by atoms with Crippen molar-refractivity contribution in [1.29, 1.82) is 0 Å². The van der Waals surface area contributed by atoms with Gasteiger partial charge in [0.2, 0.25) is 0 Å². The van der Waals surface area contributed by atoms with Crippen LogP contribution in [0.1, 0.15) is 43.7 Å². The molecule has 3 rings (SSSR count). The summed E-state index contributed by atoms with van der Waals surface area (Å²) in [6.07, 6.45) is 10.7. The minimum atomic E-state index is 0.377. The second kappa shape index (κ2) is 5.25. The van der Waals surface area contributed by atoms with Gasteiger partial charge in [-0.15, -0.1) is 0 Å². The first-order valence-electron chi connectivity index (χ1n) is 7.59. The van der Waals surface area contributed by atoms with Gasteiger partial charge >= 0.3 is 0 Å². The predicted octanol–water partition coefficient (Wildman–Crippen LogP) is 1.83. The topological polar surface area (TPSA) is 33.1 Å². The molecule has 1 aromatic rings. The maximum Gasteiger partial charge on any atom is 0.0948 e. The van der Waals surface area contributed by atoms with Crippen molar-refractivity contribution in [2.45, 2.75) is 50.1 Å². The normalized spacial score (nSPS) is 23.5. The van der Waals surface area contributed by atoms with Crippen LogP contribution in [0.5, 0.6) is 0 Å². The minimum Gasteiger partial charge on any atom is -0.332 e. The second-order valence-electron chi connectivity index (χ2n) is 6.44. The van der Waals surface area contributed by atoms with Gasteiger partial charge in [-0.05, 0) is 59.3 Å². The average Bonchev–Trinajstić information content (AvgIpc) is 2.82. The molecule has 2 aliphatic rings. The summed E-state index contributed by atoms with van der Waals surface area (Å²) >= 11 is 0. The van der Waals surface area contributed by atoms with Gasteiger partial charge in [0.15, 0.2) is 0 Å². The summed E-state index contributed by atoms with van der Waals surface area (Å²) < 4.78 is 2.43. The van der Waals surface area contributed by atoms with Gasteiger partial charge < -0.3 is 14.8 Å². The molecule has 1 saturated carbocycles. The SMILES string of the molecule is CN(C)C1(Cn2cncc2C2CCNCC2)CCC1. The number of hydrogen-bond acceptors (Lipinski definition) is 3. The Balaban J connectivity index is 1.76. The molecule has 1 aromatic heterocycles. The van der Waals surface area contributed by atoms with Crippen LogP contribution < -0.4 is 5.32 Å². The van der Waals surface area contributed by atoms with Gasteiger partial charge in [0.25, 0.3) is 0 Å². The maximum atomic E-state index is 4.42. The molecule has 0 radical (unpaired) electrons. The van der Waals surface area contributed by atoms with Crippen molar-refractivity contribution in [1.82, 2.24) is 19.8 Å². The average molecular weight is 262 g/mol. The van der Waals surface area contributed by atoms with E-state index in [1.54, 1.807) is 0 Å². The first-order chi connectivity index (χ1) is 9.21. The summed E-state index contributed by atoms with van der Waals surface area (Å²) in [6.45, 7) is 3.41. The number of imidazole rings is 1. The van der Waals surface area contributed by atoms with Gasteiger partial charge in [-0.3, -0.25) is 0 Å². The minimum absolute atomic E-state index is 0.377. The number of nitrogens with zero attached hydrogens (tertiary/aromatic N) is 3. The van der Waals surface area contributed by atoms with E-state index in [-0.39, 0.29) is 0 Å². The van der Waals surface area contributed by atoms with Crippen molar-refractivity contribution in [3.05, 3.63) is 18.2 Å². The number of aromatic nitrogens is 2. The molecular weight excluding hydrogens is 236 g/mol. The summed E-state index contributed by atoms with van der Waals surface area (Å²) in [7, 11) is 4.45. The number of likely N-dealkylation sites (N-methyl/N-ethyl adjacent to an activating group) is 1. The van der Waals surface area contributed by atoms with Crippen molar-refractivity contribution in [2.75, 3.05) is 27.2 Å². The van der Waals surface area contributed by atoms with E-state index in [1.807, 2.05) is 6.33 Å². The van der Waals surface area contributed by atoms with Crippen molar-refractivity contribution < 1.29 is 0 Å². The van der Waals surface area contributed by atoms with Crippen LogP contribution in [0.15, 0.2) is 12.5 Å². The Morgan fingerprint density at radius 1 is 1.37 bits per heavy atom. The molecule has 0 spiro atoms. The van der Waals surface area contributed by atoms with E-state index in [1.165, 1.54) is 37.8 Å². The monoisotopic (exact) mass is 262 g/mol. The van der Waals surface area contributed by atoms with E-state index in [4.69, 9.17) is 0 Å². The number of piperidine rings is 1. The predicted molar refractivity (Wildman–Crippen MR) is 77.3 cm³/mol. The lowest BCUT2D eigenvalue weighted by atomic mass is 9.75. The van der Waals surface area contributed by atoms with E-state index in [2.05, 4.69) is 40.1 Å². The van der Waals surface area contributed by atoms with Crippen molar-refractivity contribution in [2.24, 2.45) is 0 Å². The highest BCUT2D eigenvalue weighted by Gasteiger charge is 2.39. The molecule has 1 N–H and O–H groups in total. The van der Waals surface area contributed by atoms with Crippen LogP contribution >= 0.6 is 0 Å². The quantitative estimate of drug-likeness (QED) is 0.899. The number of hydrogen-bond donors (Lipinski definition) is 1. The molecule has 0 bridgehead atoms. The Morgan fingerprint density at radius 3 is 2.68 bits per heavy atom. The van der Waals surface area contributed by atoms with E-state index < -0.39 is 0 Å². The van der Waals surface area contributed by atoms with Gasteiger partial charge in [0, 0.05) is 29.9 Å². The van der Waals surface area contributed by atoms with Crippen LogP contribution in [0.2, 0.25) is 0 Å². The van der Waals surface area contributed by atoms with Gasteiger partial charge in [0.05, 0.1) is 6.33 Å². The third kappa shape index (κ3) is 2.43. The molecule has 1 aliphatic carbocycles. The molecule has 0 unspecified atom stereocenters. The molecule has 0 aromatic carbocycles. The highest BCUT2D eigenvalue weighted by Crippen LogP contribution is 2.38. The first kappa shape index (κ1) is 13.1. The van der Waals surface area contributed by atoms with Gasteiger partial charge in [-0.2, -0.15) is 0 Å². The highest BCUT2D eigenvalue weighted by atomic mass is 15.2. The smallest absolute Gasteiger partial charge is 0.0948 e. The zero-order valence-electron chi connectivity index (χ0n) is 12.2. The fourth-order valence-corrected chi connectivity index (χ4v) is 3.57. The van der Waals surface area contributed by atoms with Gasteiger partial charge in [-0.1, -0.05) is 0 Å². The summed E-state index contributed by atoms with van der Waals surface area (Å²) in [6, 6.07) is 0. The number of rotatable bonds is 4. The van der Waals surface area contributed by atoms with E-state index in [0.29, 0.717) is 11.5 Å². The van der Waals surface area contributed by atoms with Crippen LogP contribution in [-0.4, -0.2) is 47.2 Å². The number of nitrogens with one attached hydrogen (secondary N) is 1. The fraction of sp³-hybridized carbons (Fsp3) is 0.800. The van der Waals surface area contributed by atoms with Crippen LogP contribution in [0.3, 0.4) is 0 Å². The van der Waals surface area contributed by atoms with Gasteiger partial charge in [0.1, 0.15) is 0 Å². The van der Waals surface area contributed by atoms with Gasteiger partial charge in [-0.25, -0.2) is 4.98 Å². The van der Waals surface area contributed by atoms with E-state index >= 15 is 0 Å². The molecule has 2 heterocycles. The molecule has 1 aliphatic heterocycles. The van der Waals surface area contributed by atoms with Crippen molar-refractivity contribution >= 4 is 0 Å². The lowest BCUT2D eigenvalue weighted by Crippen LogP contribution is -2.53. The molecule has 0 atom stereocenters. The largest absolute Gasteiger partial charge is 0.332 e. The zero-order chi connectivity index (χ0) is 13.3. The lowest BCUT2D eigenvalue weighted by Gasteiger charge is -2.48. The third-order valence-electron chi connectivity index (χ3n) is 5.20. The second-order valence-corrected chi connectivity index (χ2v) is 6.44. The summed E-state index contributed by atoms with van der Waals surface area (Å²) in [5, 5.41) is 3.45. The fourth-order valence-electron chi connectivity index (χ4n) is 3.57. The Bertz CT molecular complexity index is 414. The van der Waals surface area contributed by atoms with Crippen molar-refractivity contribution in [3.63, 3.8) is 0 Å². The molecule has 4 heteroatoms. The summed E-state index contributed by atoms with van der Waals surface area (Å²) in [4.78, 5) is 6.84. The van der Waals surface area contributed by atoms with E-state index in [9.17, 15) is 0 Å². The van der Waals surface area contributed by atoms with Crippen molar-refractivity contribution in [3.8, 4) is 0 Å². The molecule has 1 saturated heterocycles. The summed E-state index contributed by atoms with van der Waals surface area (Å²) in [5.74, 6) is 0.697. The molecule has 2 fully saturated rings. The Labute approximate surface area is 116 Å². The summed E-state index contributed by atoms with van der Waals surface area (Å²) in [5.41, 5.74) is 1.83. The standard InChI is InChI=1S/C15H26N4/c1-18(2)15(6-3-7-15)11-19-12-17-10-14(19)13-4-8-16-9-5-13/h10,12-13,16H,3-9,11H2,1-2H3. The van der Waals surface area contributed by atoms with Crippen LogP contribution in [0.25, 0.3) is 0 Å². The zero-order valence-corrected chi connectivity index (χ0v) is 12.2. The van der Waals surface area contributed by atoms with Crippen LogP contribution in [-0.2, 0) is 6.54 Å². The van der Waals surface area contributed by atoms with E-state index in [0.717, 1.165) is 19.6 Å². The first-order valence-corrected chi connectivity index (χ1v) is 7.59. The molecule has 19 heavy (non-hydrogen) atoms. The molecule has 4 nitrogen and oxygen atoms in total. The van der Waals surface area contributed by atoms with Crippen LogP contribution in [0.4, 0.5) is 0 Å². The van der Waals surface area contributed by atoms with Crippen LogP contribution in [0, 0.1) is 0 Å². The highest BCUT2D eigenvalue weighted by molar-refractivity contribution is 5.10. The third-order valence-corrected chi connectivity index (χ3v) is 5.20. The maximum absolute atomic E-state index is 4.42. The Hall–Kier alpha value is -0.870. The Morgan fingerprint density at radius 2 is 2.11 bits per heavy atom.